The number of carbonyl (C=O) groups is 4. The van der Waals surface area contributed by atoms with Gasteiger partial charge in [0.25, 0.3) is 5.91 Å². The Labute approximate surface area is 236 Å². The number of fused-ring (bicyclic) bond motifs is 1. The Hall–Kier alpha value is -3.14. The smallest absolute Gasteiger partial charge is 0.407 e. The number of rotatable bonds is 6. The summed E-state index contributed by atoms with van der Waals surface area (Å²) in [5, 5.41) is 9.01. The highest BCUT2D eigenvalue weighted by Crippen LogP contribution is 2.33. The number of carbonyl (C=O) groups excluding carboxylic acids is 4. The third-order valence-electron chi connectivity index (χ3n) is 8.75. The van der Waals surface area contributed by atoms with E-state index in [-0.39, 0.29) is 36.3 Å². The van der Waals surface area contributed by atoms with Crippen molar-refractivity contribution >= 4 is 29.5 Å². The van der Waals surface area contributed by atoms with Gasteiger partial charge in [-0.1, -0.05) is 6.07 Å². The molecule has 3 aliphatic heterocycles. The zero-order chi connectivity index (χ0) is 28.4. The van der Waals surface area contributed by atoms with Crippen LogP contribution in [0.2, 0.25) is 0 Å². The number of hydrogen-bond acceptors (Lipinski definition) is 7. The maximum Gasteiger partial charge on any atom is 0.407 e. The van der Waals surface area contributed by atoms with E-state index in [1.54, 1.807) is 4.90 Å². The van der Waals surface area contributed by atoms with Crippen molar-refractivity contribution in [2.75, 3.05) is 25.0 Å². The quantitative estimate of drug-likeness (QED) is 0.462. The molecule has 1 saturated carbocycles. The van der Waals surface area contributed by atoms with Crippen LogP contribution in [0.15, 0.2) is 18.2 Å². The lowest BCUT2D eigenvalue weighted by molar-refractivity contribution is -0.136. The molecule has 1 unspecified atom stereocenters. The van der Waals surface area contributed by atoms with Crippen molar-refractivity contribution in [3.05, 3.63) is 29.3 Å². The summed E-state index contributed by atoms with van der Waals surface area (Å²) >= 11 is 0. The van der Waals surface area contributed by atoms with Gasteiger partial charge in [-0.3, -0.25) is 19.7 Å². The molecule has 10 nitrogen and oxygen atoms in total. The highest BCUT2D eigenvalue weighted by molar-refractivity contribution is 6.06. The molecule has 3 N–H and O–H groups in total. The molecule has 3 fully saturated rings. The van der Waals surface area contributed by atoms with Gasteiger partial charge >= 0.3 is 6.09 Å². The fourth-order valence-corrected chi connectivity index (χ4v) is 6.59. The van der Waals surface area contributed by atoms with Crippen LogP contribution in [0.25, 0.3) is 0 Å². The predicted molar refractivity (Wildman–Crippen MR) is 151 cm³/mol. The standard InChI is InChI=1S/C30H43N5O5/c1-30(2,3)40-29(39)32-20-7-9-21(10-8-20)34-15-13-19(14-16-34)17-31-24-6-4-5-22-23(24)18-35(28(22)38)25-11-12-26(36)33-27(25)37/h4-6,19-21,25,31H,7-18H2,1-3H3,(H,32,39)(H,33,36,37). The molecule has 3 heterocycles. The molecule has 4 aliphatic rings. The average Bonchev–Trinajstić information content (AvgIpc) is 3.24. The zero-order valence-corrected chi connectivity index (χ0v) is 24.0. The predicted octanol–water partition coefficient (Wildman–Crippen LogP) is 3.41. The third-order valence-corrected chi connectivity index (χ3v) is 8.75. The van der Waals surface area contributed by atoms with Crippen LogP contribution in [0, 0.1) is 5.92 Å². The van der Waals surface area contributed by atoms with Crippen molar-refractivity contribution < 1.29 is 23.9 Å². The fraction of sp³-hybridized carbons (Fsp3) is 0.667. The molecule has 2 saturated heterocycles. The molecule has 5 rings (SSSR count). The second kappa shape index (κ2) is 11.8. The van der Waals surface area contributed by atoms with E-state index in [1.165, 1.54) is 0 Å². The van der Waals surface area contributed by atoms with Crippen LogP contribution in [-0.2, 0) is 20.9 Å². The maximum absolute atomic E-state index is 13.1. The van der Waals surface area contributed by atoms with Crippen molar-refractivity contribution in [2.24, 2.45) is 5.92 Å². The minimum atomic E-state index is -0.599. The number of amides is 4. The second-order valence-electron chi connectivity index (χ2n) is 12.7. The van der Waals surface area contributed by atoms with Crippen LogP contribution in [-0.4, -0.2) is 77.0 Å². The number of ether oxygens (including phenoxy) is 1. The molecule has 0 radical (unpaired) electrons. The molecule has 0 spiro atoms. The summed E-state index contributed by atoms with van der Waals surface area (Å²) < 4.78 is 5.41. The van der Waals surface area contributed by atoms with E-state index >= 15 is 0 Å². The van der Waals surface area contributed by atoms with Crippen molar-refractivity contribution in [2.45, 2.75) is 102 Å². The summed E-state index contributed by atoms with van der Waals surface area (Å²) in [5.74, 6) is -0.244. The van der Waals surface area contributed by atoms with E-state index in [1.807, 2.05) is 39.0 Å². The fourth-order valence-electron chi connectivity index (χ4n) is 6.59. The van der Waals surface area contributed by atoms with Gasteiger partial charge in [0.1, 0.15) is 11.6 Å². The minimum absolute atomic E-state index is 0.141. The van der Waals surface area contributed by atoms with E-state index in [9.17, 15) is 19.2 Å². The lowest BCUT2D eigenvalue weighted by atomic mass is 9.87. The van der Waals surface area contributed by atoms with Crippen molar-refractivity contribution in [3.63, 3.8) is 0 Å². The average molecular weight is 554 g/mol. The third kappa shape index (κ3) is 6.59. The number of nitrogens with zero attached hydrogens (tertiary/aromatic N) is 2. The molecule has 10 heteroatoms. The van der Waals surface area contributed by atoms with Crippen molar-refractivity contribution in [1.29, 1.82) is 0 Å². The molecule has 4 amide bonds. The van der Waals surface area contributed by atoms with Crippen LogP contribution in [0.3, 0.4) is 0 Å². The Bertz CT molecular complexity index is 1130. The summed E-state index contributed by atoms with van der Waals surface area (Å²) in [6, 6.07) is 5.90. The van der Waals surface area contributed by atoms with Gasteiger partial charge in [0.2, 0.25) is 11.8 Å². The highest BCUT2D eigenvalue weighted by Gasteiger charge is 2.40. The summed E-state index contributed by atoms with van der Waals surface area (Å²) in [7, 11) is 0. The van der Waals surface area contributed by atoms with Gasteiger partial charge in [-0.15, -0.1) is 0 Å². The van der Waals surface area contributed by atoms with Crippen LogP contribution in [0.1, 0.15) is 88.1 Å². The summed E-state index contributed by atoms with van der Waals surface area (Å²) in [6.07, 6.45) is 6.71. The number of imide groups is 1. The van der Waals surface area contributed by atoms with Gasteiger partial charge in [0.05, 0.1) is 0 Å². The van der Waals surface area contributed by atoms with E-state index in [0.29, 0.717) is 30.5 Å². The number of anilines is 1. The van der Waals surface area contributed by atoms with E-state index in [0.717, 1.165) is 69.4 Å². The number of piperidine rings is 2. The number of likely N-dealkylation sites (tertiary alicyclic amines) is 1. The first-order valence-electron chi connectivity index (χ1n) is 14.8. The highest BCUT2D eigenvalue weighted by atomic mass is 16.6. The molecule has 40 heavy (non-hydrogen) atoms. The zero-order valence-electron chi connectivity index (χ0n) is 24.0. The Morgan fingerprint density at radius 2 is 1.75 bits per heavy atom. The van der Waals surface area contributed by atoms with Gasteiger partial charge in [-0.25, -0.2) is 4.79 Å². The monoisotopic (exact) mass is 553 g/mol. The molecular weight excluding hydrogens is 510 g/mol. The molecular formula is C30H43N5O5. The van der Waals surface area contributed by atoms with E-state index < -0.39 is 11.6 Å². The van der Waals surface area contributed by atoms with Crippen molar-refractivity contribution in [3.8, 4) is 0 Å². The molecule has 0 bridgehead atoms. The Balaban J connectivity index is 1.07. The topological polar surface area (TPSA) is 120 Å². The Kier molecular flexibility index (Phi) is 8.35. The number of nitrogens with one attached hydrogen (secondary N) is 3. The van der Waals surface area contributed by atoms with E-state index in [4.69, 9.17) is 4.74 Å². The van der Waals surface area contributed by atoms with Gasteiger partial charge in [0, 0.05) is 48.4 Å². The molecule has 218 valence electrons. The van der Waals surface area contributed by atoms with E-state index in [2.05, 4.69) is 20.9 Å². The Morgan fingerprint density at radius 3 is 2.42 bits per heavy atom. The molecule has 1 aromatic rings. The normalized spacial score (nSPS) is 26.3. The molecule has 1 aromatic carbocycles. The largest absolute Gasteiger partial charge is 0.444 e. The molecule has 1 atom stereocenters. The van der Waals surface area contributed by atoms with Crippen LogP contribution < -0.4 is 16.0 Å². The van der Waals surface area contributed by atoms with Gasteiger partial charge in [0.15, 0.2) is 0 Å². The second-order valence-corrected chi connectivity index (χ2v) is 12.7. The van der Waals surface area contributed by atoms with Crippen LogP contribution in [0.4, 0.5) is 10.5 Å². The molecule has 1 aliphatic carbocycles. The summed E-state index contributed by atoms with van der Waals surface area (Å²) in [5.41, 5.74) is 2.06. The SMILES string of the molecule is CC(C)(C)OC(=O)NC1CCC(N2CCC(CNc3cccc4c3CN(C3CCC(=O)NC3=O)C4=O)CC2)CC1. The number of alkyl carbamates (subject to hydrolysis) is 1. The van der Waals surface area contributed by atoms with Gasteiger partial charge in [-0.2, -0.15) is 0 Å². The first kappa shape index (κ1) is 28.4. The maximum atomic E-state index is 13.1. The Morgan fingerprint density at radius 1 is 1.02 bits per heavy atom. The lowest BCUT2D eigenvalue weighted by Crippen LogP contribution is -2.52. The summed E-state index contributed by atoms with van der Waals surface area (Å²) in [4.78, 5) is 53.4. The minimum Gasteiger partial charge on any atom is -0.444 e. The number of hydrogen-bond donors (Lipinski definition) is 3. The summed E-state index contributed by atoms with van der Waals surface area (Å²) in [6.45, 7) is 9.04. The first-order valence-corrected chi connectivity index (χ1v) is 14.8. The number of benzene rings is 1. The van der Waals surface area contributed by atoms with Crippen molar-refractivity contribution in [1.82, 2.24) is 20.4 Å². The van der Waals surface area contributed by atoms with Crippen LogP contribution in [0.5, 0.6) is 0 Å². The van der Waals surface area contributed by atoms with Gasteiger partial charge < -0.3 is 25.2 Å². The van der Waals surface area contributed by atoms with Crippen LogP contribution >= 0.6 is 0 Å². The lowest BCUT2D eigenvalue weighted by Gasteiger charge is -2.41. The molecule has 0 aromatic heterocycles. The van der Waals surface area contributed by atoms with Gasteiger partial charge in [-0.05, 0) is 96.9 Å². The first-order chi connectivity index (χ1) is 19.1.